The average molecular weight is 393 g/mol. The lowest BCUT2D eigenvalue weighted by molar-refractivity contribution is -0.137. The molecule has 0 atom stereocenters. The minimum atomic E-state index is -0.954. The lowest BCUT2D eigenvalue weighted by Gasteiger charge is -2.01. The molecular formula is C15H13BrN4O2S. The Kier molecular flexibility index (Phi) is 4.27. The summed E-state index contributed by atoms with van der Waals surface area (Å²) in [4.78, 5) is 11.0. The number of benzene rings is 1. The average Bonchev–Trinajstić information content (AvgIpc) is 3.05. The van der Waals surface area contributed by atoms with Gasteiger partial charge in [0.2, 0.25) is 0 Å². The fourth-order valence-corrected chi connectivity index (χ4v) is 3.72. The van der Waals surface area contributed by atoms with Crippen LogP contribution in [0.2, 0.25) is 0 Å². The van der Waals surface area contributed by atoms with Gasteiger partial charge in [-0.2, -0.15) is 5.10 Å². The second-order valence-corrected chi connectivity index (χ2v) is 6.85. The van der Waals surface area contributed by atoms with Crippen molar-refractivity contribution in [2.45, 2.75) is 20.4 Å². The Balaban J connectivity index is 2.05. The molecule has 0 aliphatic rings. The topological polar surface area (TPSA) is 80.9 Å². The van der Waals surface area contributed by atoms with Crippen LogP contribution < -0.4 is 0 Å². The largest absolute Gasteiger partial charge is 0.480 e. The molecule has 0 fully saturated rings. The summed E-state index contributed by atoms with van der Waals surface area (Å²) in [7, 11) is 0. The standard InChI is InChI=1S/C15H13BrN4O2S/c1-8-4-3-5-10(6-8)14-17-18-15(23-14)13-12(16)9(2)19-20(13)7-11(21)22/h3-6H,7H2,1-2H3,(H,21,22). The van der Waals surface area contributed by atoms with Crippen LogP contribution in [-0.2, 0) is 11.3 Å². The van der Waals surface area contributed by atoms with Crippen molar-refractivity contribution in [3.63, 3.8) is 0 Å². The molecule has 0 unspecified atom stereocenters. The van der Waals surface area contributed by atoms with Crippen molar-refractivity contribution >= 4 is 33.2 Å². The number of carbonyl (C=O) groups is 1. The van der Waals surface area contributed by atoms with Crippen molar-refractivity contribution in [1.82, 2.24) is 20.0 Å². The minimum absolute atomic E-state index is 0.221. The van der Waals surface area contributed by atoms with Crippen LogP contribution in [0, 0.1) is 13.8 Å². The molecule has 2 heterocycles. The Hall–Kier alpha value is -2.06. The fourth-order valence-electron chi connectivity index (χ4n) is 2.22. The third-order valence-corrected chi connectivity index (χ3v) is 5.16. The maximum atomic E-state index is 11.0. The Morgan fingerprint density at radius 1 is 1.30 bits per heavy atom. The molecule has 0 amide bonds. The van der Waals surface area contributed by atoms with Gasteiger partial charge in [0.15, 0.2) is 5.01 Å². The first-order valence-corrected chi connectivity index (χ1v) is 8.42. The maximum absolute atomic E-state index is 11.0. The predicted octanol–water partition coefficient (Wildman–Crippen LogP) is 3.53. The van der Waals surface area contributed by atoms with E-state index in [0.717, 1.165) is 20.6 Å². The summed E-state index contributed by atoms with van der Waals surface area (Å²) in [5.41, 5.74) is 3.49. The summed E-state index contributed by atoms with van der Waals surface area (Å²) in [6.45, 7) is 3.61. The van der Waals surface area contributed by atoms with Crippen LogP contribution in [0.25, 0.3) is 21.3 Å². The third-order valence-electron chi connectivity index (χ3n) is 3.23. The number of carboxylic acids is 1. The molecule has 23 heavy (non-hydrogen) atoms. The molecule has 118 valence electrons. The molecule has 0 radical (unpaired) electrons. The van der Waals surface area contributed by atoms with Gasteiger partial charge in [0, 0.05) is 5.56 Å². The van der Waals surface area contributed by atoms with Gasteiger partial charge >= 0.3 is 5.97 Å². The summed E-state index contributed by atoms with van der Waals surface area (Å²) in [5.74, 6) is -0.954. The smallest absolute Gasteiger partial charge is 0.325 e. The highest BCUT2D eigenvalue weighted by Crippen LogP contribution is 2.35. The summed E-state index contributed by atoms with van der Waals surface area (Å²) in [5, 5.41) is 23.2. The number of aryl methyl sites for hydroxylation is 2. The van der Waals surface area contributed by atoms with Gasteiger partial charge in [-0.05, 0) is 35.8 Å². The van der Waals surface area contributed by atoms with Crippen LogP contribution in [0.5, 0.6) is 0 Å². The van der Waals surface area contributed by atoms with Crippen LogP contribution in [0.15, 0.2) is 28.7 Å². The molecule has 3 rings (SSSR count). The lowest BCUT2D eigenvalue weighted by atomic mass is 10.1. The van der Waals surface area contributed by atoms with Crippen molar-refractivity contribution in [3.8, 4) is 21.3 Å². The monoisotopic (exact) mass is 392 g/mol. The number of aromatic nitrogens is 4. The number of rotatable bonds is 4. The Morgan fingerprint density at radius 2 is 2.04 bits per heavy atom. The first-order valence-electron chi connectivity index (χ1n) is 6.81. The van der Waals surface area contributed by atoms with Gasteiger partial charge in [0.05, 0.1) is 10.2 Å². The Labute approximate surface area is 144 Å². The molecule has 0 aliphatic heterocycles. The number of aliphatic carboxylic acids is 1. The van der Waals surface area contributed by atoms with Crippen LogP contribution in [0.4, 0.5) is 0 Å². The quantitative estimate of drug-likeness (QED) is 0.734. The van der Waals surface area contributed by atoms with E-state index in [9.17, 15) is 4.79 Å². The molecule has 3 aromatic rings. The number of hydrogen-bond donors (Lipinski definition) is 1. The zero-order valence-corrected chi connectivity index (χ0v) is 14.8. The summed E-state index contributed by atoms with van der Waals surface area (Å²) in [6.07, 6.45) is 0. The normalized spacial score (nSPS) is 10.9. The van der Waals surface area contributed by atoms with E-state index in [2.05, 4.69) is 31.2 Å². The molecule has 0 aliphatic carbocycles. The van der Waals surface area contributed by atoms with Crippen molar-refractivity contribution in [1.29, 1.82) is 0 Å². The Bertz CT molecular complexity index is 887. The molecule has 0 bridgehead atoms. The van der Waals surface area contributed by atoms with Gasteiger partial charge < -0.3 is 5.11 Å². The first kappa shape index (κ1) is 15.8. The molecule has 0 saturated carbocycles. The van der Waals surface area contributed by atoms with Gasteiger partial charge in [-0.25, -0.2) is 4.68 Å². The summed E-state index contributed by atoms with van der Waals surface area (Å²) < 4.78 is 2.17. The van der Waals surface area contributed by atoms with Gasteiger partial charge in [-0.1, -0.05) is 35.1 Å². The number of carboxylic acid groups (broad SMARTS) is 1. The number of hydrogen-bond acceptors (Lipinski definition) is 5. The van der Waals surface area contributed by atoms with Gasteiger partial charge in [0.25, 0.3) is 0 Å². The second-order valence-electron chi connectivity index (χ2n) is 5.08. The second kappa shape index (κ2) is 6.21. The molecule has 8 heteroatoms. The summed E-state index contributed by atoms with van der Waals surface area (Å²) in [6, 6.07) is 8.01. The van der Waals surface area contributed by atoms with E-state index in [-0.39, 0.29) is 6.54 Å². The lowest BCUT2D eigenvalue weighted by Crippen LogP contribution is -2.11. The van der Waals surface area contributed by atoms with E-state index < -0.39 is 5.97 Å². The minimum Gasteiger partial charge on any atom is -0.480 e. The van der Waals surface area contributed by atoms with E-state index in [0.29, 0.717) is 16.4 Å². The van der Waals surface area contributed by atoms with Gasteiger partial charge in [0.1, 0.15) is 17.2 Å². The highest BCUT2D eigenvalue weighted by molar-refractivity contribution is 9.10. The summed E-state index contributed by atoms with van der Waals surface area (Å²) >= 11 is 4.88. The molecule has 6 nitrogen and oxygen atoms in total. The van der Waals surface area contributed by atoms with Gasteiger partial charge in [-0.15, -0.1) is 10.2 Å². The van der Waals surface area contributed by atoms with Crippen molar-refractivity contribution in [3.05, 3.63) is 40.0 Å². The molecule has 0 spiro atoms. The SMILES string of the molecule is Cc1cccc(-c2nnc(-c3c(Br)c(C)nn3CC(=O)O)s2)c1. The molecule has 1 N–H and O–H groups in total. The van der Waals surface area contributed by atoms with Crippen molar-refractivity contribution < 1.29 is 9.90 Å². The van der Waals surface area contributed by atoms with Crippen LogP contribution in [-0.4, -0.2) is 31.1 Å². The molecular weight excluding hydrogens is 380 g/mol. The fraction of sp³-hybridized carbons (Fsp3) is 0.200. The zero-order valence-electron chi connectivity index (χ0n) is 12.4. The van der Waals surface area contributed by atoms with E-state index in [1.165, 1.54) is 16.0 Å². The predicted molar refractivity (Wildman–Crippen MR) is 91.4 cm³/mol. The van der Waals surface area contributed by atoms with E-state index in [1.54, 1.807) is 0 Å². The van der Waals surface area contributed by atoms with Crippen LogP contribution in [0.3, 0.4) is 0 Å². The molecule has 0 saturated heterocycles. The third kappa shape index (κ3) is 3.18. The molecule has 2 aromatic heterocycles. The van der Waals surface area contributed by atoms with Crippen molar-refractivity contribution in [2.75, 3.05) is 0 Å². The molecule has 1 aromatic carbocycles. The number of nitrogens with zero attached hydrogens (tertiary/aromatic N) is 4. The highest BCUT2D eigenvalue weighted by Gasteiger charge is 2.20. The first-order chi connectivity index (χ1) is 11.0. The number of halogens is 1. The van der Waals surface area contributed by atoms with Crippen LogP contribution >= 0.6 is 27.3 Å². The van der Waals surface area contributed by atoms with E-state index in [1.807, 2.05) is 38.1 Å². The maximum Gasteiger partial charge on any atom is 0.325 e. The zero-order chi connectivity index (χ0) is 16.6. The van der Waals surface area contributed by atoms with Crippen molar-refractivity contribution in [2.24, 2.45) is 0 Å². The van der Waals surface area contributed by atoms with Gasteiger partial charge in [-0.3, -0.25) is 4.79 Å². The van der Waals surface area contributed by atoms with E-state index in [4.69, 9.17) is 5.11 Å². The van der Waals surface area contributed by atoms with E-state index >= 15 is 0 Å². The highest BCUT2D eigenvalue weighted by atomic mass is 79.9. The van der Waals surface area contributed by atoms with Crippen LogP contribution in [0.1, 0.15) is 11.3 Å². The Morgan fingerprint density at radius 3 is 2.74 bits per heavy atom.